The van der Waals surface area contributed by atoms with Gasteiger partial charge in [0, 0.05) is 0 Å². The molecule has 0 heterocycles. The van der Waals surface area contributed by atoms with E-state index in [0.29, 0.717) is 22.9 Å². The molecule has 0 aliphatic heterocycles. The fourth-order valence-electron chi connectivity index (χ4n) is 3.94. The largest absolute Gasteiger partial charge is 0.492 e. The molecule has 0 radical (unpaired) electrons. The second-order valence-corrected chi connectivity index (χ2v) is 12.1. The Morgan fingerprint density at radius 1 is 0.750 bits per heavy atom. The van der Waals surface area contributed by atoms with Gasteiger partial charge < -0.3 is 14.8 Å². The van der Waals surface area contributed by atoms with Crippen LogP contribution < -0.4 is 19.1 Å². The maximum absolute atomic E-state index is 13.5. The molecule has 0 saturated carbocycles. The molecule has 0 fully saturated rings. The summed E-state index contributed by atoms with van der Waals surface area (Å²) in [5.41, 5.74) is 1.59. The van der Waals surface area contributed by atoms with E-state index in [1.165, 1.54) is 17.7 Å². The highest BCUT2D eigenvalue weighted by atomic mass is 32.2. The van der Waals surface area contributed by atoms with Crippen molar-refractivity contribution in [2.24, 2.45) is 0 Å². The normalized spacial score (nSPS) is 11.5. The fraction of sp³-hybridized carbons (Fsp3) is 0.219. The number of nitrogens with one attached hydrogen (secondary N) is 1. The Morgan fingerprint density at radius 3 is 1.90 bits per heavy atom. The van der Waals surface area contributed by atoms with Crippen LogP contribution >= 0.6 is 0 Å². The minimum atomic E-state index is -4.01. The molecule has 7 nitrogen and oxygen atoms in total. The lowest BCUT2D eigenvalue weighted by Crippen LogP contribution is -2.41. The van der Waals surface area contributed by atoms with Gasteiger partial charge in [-0.05, 0) is 71.6 Å². The molecule has 4 aromatic carbocycles. The molecule has 4 rings (SSSR count). The van der Waals surface area contributed by atoms with Crippen molar-refractivity contribution >= 4 is 21.6 Å². The van der Waals surface area contributed by atoms with Crippen molar-refractivity contribution in [3.05, 3.63) is 115 Å². The number of sulfonamides is 1. The Labute approximate surface area is 236 Å². The number of ether oxygens (including phenoxy) is 2. The van der Waals surface area contributed by atoms with Gasteiger partial charge in [-0.25, -0.2) is 8.42 Å². The smallest absolute Gasteiger partial charge is 0.264 e. The first-order valence-corrected chi connectivity index (χ1v) is 14.5. The first-order chi connectivity index (χ1) is 19.1. The Kier molecular flexibility index (Phi) is 9.11. The molecule has 1 amide bonds. The predicted octanol–water partition coefficient (Wildman–Crippen LogP) is 6.17. The van der Waals surface area contributed by atoms with E-state index in [9.17, 15) is 13.2 Å². The molecular weight excluding hydrogens is 524 g/mol. The van der Waals surface area contributed by atoms with E-state index < -0.39 is 22.5 Å². The molecular formula is C32H34N2O5S. The molecule has 0 aromatic heterocycles. The number of amides is 1. The van der Waals surface area contributed by atoms with Crippen LogP contribution in [0, 0.1) is 0 Å². The molecule has 40 heavy (non-hydrogen) atoms. The number of nitrogens with zero attached hydrogens (tertiary/aromatic N) is 1. The summed E-state index contributed by atoms with van der Waals surface area (Å²) in [6.07, 6.45) is 0. The third-order valence-corrected chi connectivity index (χ3v) is 7.92. The summed E-state index contributed by atoms with van der Waals surface area (Å²) in [6.45, 7) is 6.52. The number of para-hydroxylation sites is 1. The molecule has 0 spiro atoms. The molecule has 0 aliphatic carbocycles. The Balaban J connectivity index is 1.42. The summed E-state index contributed by atoms with van der Waals surface area (Å²) < 4.78 is 39.8. The third kappa shape index (κ3) is 7.64. The van der Waals surface area contributed by atoms with Gasteiger partial charge in [0.2, 0.25) is 5.91 Å². The van der Waals surface area contributed by atoms with Gasteiger partial charge in [0.25, 0.3) is 10.0 Å². The average molecular weight is 559 g/mol. The zero-order valence-electron chi connectivity index (χ0n) is 22.9. The molecule has 8 heteroatoms. The van der Waals surface area contributed by atoms with Crippen molar-refractivity contribution in [3.8, 4) is 17.2 Å². The summed E-state index contributed by atoms with van der Waals surface area (Å²) in [6, 6.07) is 31.8. The van der Waals surface area contributed by atoms with Gasteiger partial charge in [-0.15, -0.1) is 0 Å². The van der Waals surface area contributed by atoms with Crippen molar-refractivity contribution in [1.29, 1.82) is 0 Å². The molecule has 0 aliphatic rings. The highest BCUT2D eigenvalue weighted by Crippen LogP contribution is 2.28. The third-order valence-electron chi connectivity index (χ3n) is 6.14. The summed E-state index contributed by atoms with van der Waals surface area (Å²) >= 11 is 0. The number of hydrogen-bond donors (Lipinski definition) is 1. The fourth-order valence-corrected chi connectivity index (χ4v) is 5.38. The van der Waals surface area contributed by atoms with Gasteiger partial charge in [0.15, 0.2) is 0 Å². The van der Waals surface area contributed by atoms with Gasteiger partial charge in [0.05, 0.1) is 17.1 Å². The monoisotopic (exact) mass is 558 g/mol. The SMILES string of the molecule is CC(C)(C)c1ccc(OCCNC(=O)CN(c2ccc(Oc3ccccc3)cc2)S(=O)(=O)c2ccccc2)cc1. The van der Waals surface area contributed by atoms with Crippen molar-refractivity contribution in [3.63, 3.8) is 0 Å². The number of rotatable bonds is 11. The van der Waals surface area contributed by atoms with E-state index in [0.717, 1.165) is 4.31 Å². The molecule has 208 valence electrons. The van der Waals surface area contributed by atoms with E-state index in [-0.39, 0.29) is 23.5 Å². The van der Waals surface area contributed by atoms with Gasteiger partial charge in [-0.2, -0.15) is 0 Å². The maximum Gasteiger partial charge on any atom is 0.264 e. The van der Waals surface area contributed by atoms with Crippen molar-refractivity contribution in [2.45, 2.75) is 31.1 Å². The first kappa shape index (κ1) is 28.7. The highest BCUT2D eigenvalue weighted by molar-refractivity contribution is 7.92. The van der Waals surface area contributed by atoms with Crippen LogP contribution in [0.25, 0.3) is 0 Å². The van der Waals surface area contributed by atoms with E-state index >= 15 is 0 Å². The standard InChI is InChI=1S/C32H34N2O5S/c1-32(2,3)25-14-18-27(19-15-25)38-23-22-33-31(35)24-34(40(36,37)30-12-8-5-9-13-30)26-16-20-29(21-17-26)39-28-10-6-4-7-11-28/h4-21H,22-24H2,1-3H3,(H,33,35). The van der Waals surface area contributed by atoms with Crippen LogP contribution in [0.3, 0.4) is 0 Å². The Morgan fingerprint density at radius 2 is 1.30 bits per heavy atom. The lowest BCUT2D eigenvalue weighted by atomic mass is 9.87. The molecule has 4 aromatic rings. The van der Waals surface area contributed by atoms with Crippen LogP contribution in [0.15, 0.2) is 114 Å². The molecule has 0 unspecified atom stereocenters. The summed E-state index contributed by atoms with van der Waals surface area (Å²) in [5, 5.41) is 2.76. The van der Waals surface area contributed by atoms with Crippen molar-refractivity contribution < 1.29 is 22.7 Å². The number of carbonyl (C=O) groups is 1. The zero-order valence-corrected chi connectivity index (χ0v) is 23.7. The number of hydrogen-bond acceptors (Lipinski definition) is 5. The van der Waals surface area contributed by atoms with Crippen molar-refractivity contribution in [1.82, 2.24) is 5.32 Å². The van der Waals surface area contributed by atoms with Gasteiger partial charge in [-0.1, -0.05) is 69.3 Å². The van der Waals surface area contributed by atoms with E-state index in [1.807, 2.05) is 54.6 Å². The number of anilines is 1. The van der Waals surface area contributed by atoms with Crippen molar-refractivity contribution in [2.75, 3.05) is 24.0 Å². The van der Waals surface area contributed by atoms with Gasteiger partial charge >= 0.3 is 0 Å². The van der Waals surface area contributed by atoms with E-state index in [4.69, 9.17) is 9.47 Å². The molecule has 0 atom stereocenters. The Hall–Kier alpha value is -4.30. The summed E-state index contributed by atoms with van der Waals surface area (Å²) in [4.78, 5) is 13.0. The first-order valence-electron chi connectivity index (χ1n) is 13.0. The molecule has 1 N–H and O–H groups in total. The van der Waals surface area contributed by atoms with Crippen LogP contribution in [-0.4, -0.2) is 34.0 Å². The minimum absolute atomic E-state index is 0.0493. The topological polar surface area (TPSA) is 84.9 Å². The van der Waals surface area contributed by atoms with Gasteiger partial charge in [-0.3, -0.25) is 9.10 Å². The summed E-state index contributed by atoms with van der Waals surface area (Å²) in [5.74, 6) is 1.46. The molecule has 0 saturated heterocycles. The Bertz CT molecular complexity index is 1480. The second kappa shape index (κ2) is 12.7. The minimum Gasteiger partial charge on any atom is -0.492 e. The quantitative estimate of drug-likeness (QED) is 0.223. The lowest BCUT2D eigenvalue weighted by Gasteiger charge is -2.24. The van der Waals surface area contributed by atoms with Crippen LogP contribution in [0.4, 0.5) is 5.69 Å². The second-order valence-electron chi connectivity index (χ2n) is 10.2. The number of benzene rings is 4. The van der Waals surface area contributed by atoms with Crippen LogP contribution in [0.2, 0.25) is 0 Å². The highest BCUT2D eigenvalue weighted by Gasteiger charge is 2.27. The lowest BCUT2D eigenvalue weighted by molar-refractivity contribution is -0.119. The van der Waals surface area contributed by atoms with Crippen LogP contribution in [0.5, 0.6) is 17.2 Å². The van der Waals surface area contributed by atoms with E-state index in [2.05, 4.69) is 26.1 Å². The maximum atomic E-state index is 13.5. The average Bonchev–Trinajstić information content (AvgIpc) is 2.95. The molecule has 0 bridgehead atoms. The van der Waals surface area contributed by atoms with Crippen LogP contribution in [-0.2, 0) is 20.2 Å². The predicted molar refractivity (Wildman–Crippen MR) is 158 cm³/mol. The zero-order chi connectivity index (χ0) is 28.6. The van der Waals surface area contributed by atoms with Crippen LogP contribution in [0.1, 0.15) is 26.3 Å². The van der Waals surface area contributed by atoms with Gasteiger partial charge in [0.1, 0.15) is 30.4 Å². The summed E-state index contributed by atoms with van der Waals surface area (Å²) in [7, 11) is -4.01. The van der Waals surface area contributed by atoms with E-state index in [1.54, 1.807) is 42.5 Å². The number of carbonyl (C=O) groups excluding carboxylic acids is 1.